The number of rotatable bonds is 7. The smallest absolute Gasteiger partial charge is 0.303 e. The fraction of sp³-hybridized carbons (Fsp3) is 0.429. The van der Waals surface area contributed by atoms with Gasteiger partial charge in [0.1, 0.15) is 0 Å². The number of aromatic nitrogens is 4. The summed E-state index contributed by atoms with van der Waals surface area (Å²) < 4.78 is 0. The number of pyridine rings is 2. The van der Waals surface area contributed by atoms with Crippen molar-refractivity contribution in [2.75, 3.05) is 0 Å². The number of aliphatic carboxylic acids is 1. The van der Waals surface area contributed by atoms with Crippen molar-refractivity contribution in [3.63, 3.8) is 0 Å². The minimum atomic E-state index is -0.791. The zero-order valence-corrected chi connectivity index (χ0v) is 15.5. The zero-order chi connectivity index (χ0) is 18.8. The van der Waals surface area contributed by atoms with Gasteiger partial charge in [-0.3, -0.25) is 14.9 Å². The summed E-state index contributed by atoms with van der Waals surface area (Å²) in [6.07, 6.45) is 11.9. The molecule has 1 aliphatic rings. The molecule has 0 bridgehead atoms. The molecule has 1 aliphatic carbocycles. The van der Waals surface area contributed by atoms with E-state index in [4.69, 9.17) is 4.98 Å². The summed E-state index contributed by atoms with van der Waals surface area (Å²) in [4.78, 5) is 20.4. The molecule has 0 aromatic carbocycles. The summed E-state index contributed by atoms with van der Waals surface area (Å²) in [5.41, 5.74) is 5.87. The zero-order valence-electron chi connectivity index (χ0n) is 15.5. The first-order chi connectivity index (χ1) is 13.1. The number of H-pyrrole nitrogens is 1. The summed E-state index contributed by atoms with van der Waals surface area (Å²) in [7, 11) is 0. The van der Waals surface area contributed by atoms with Crippen LogP contribution < -0.4 is 0 Å². The first-order valence-electron chi connectivity index (χ1n) is 9.60. The standard InChI is InChI=1S/C21H24N4O2/c1-13-9-15(11-22-10-13)20-16(6-8-19(26)27)18(7-5-14-3-2-4-14)24-21-17(20)12-23-25-21/h9-12,14H,2-8H2,1H3,(H,26,27)(H,23,24,25). The van der Waals surface area contributed by atoms with E-state index in [1.807, 2.05) is 19.3 Å². The van der Waals surface area contributed by atoms with Gasteiger partial charge in [0.25, 0.3) is 0 Å². The number of nitrogens with one attached hydrogen (secondary N) is 1. The molecule has 0 unspecified atom stereocenters. The van der Waals surface area contributed by atoms with Crippen LogP contribution >= 0.6 is 0 Å². The van der Waals surface area contributed by atoms with E-state index in [2.05, 4.69) is 21.2 Å². The second kappa shape index (κ2) is 7.47. The lowest BCUT2D eigenvalue weighted by molar-refractivity contribution is -0.136. The molecule has 0 radical (unpaired) electrons. The van der Waals surface area contributed by atoms with E-state index in [9.17, 15) is 9.90 Å². The van der Waals surface area contributed by atoms with Gasteiger partial charge in [0, 0.05) is 41.0 Å². The molecule has 0 amide bonds. The molecule has 4 rings (SSSR count). The lowest BCUT2D eigenvalue weighted by Crippen LogP contribution is -2.13. The Kier molecular flexibility index (Phi) is 4.88. The van der Waals surface area contributed by atoms with Gasteiger partial charge in [-0.05, 0) is 49.3 Å². The molecule has 0 saturated heterocycles. The molecule has 0 spiro atoms. The van der Waals surface area contributed by atoms with Gasteiger partial charge in [-0.25, -0.2) is 4.98 Å². The number of carboxylic acids is 1. The van der Waals surface area contributed by atoms with Gasteiger partial charge in [0.15, 0.2) is 5.65 Å². The monoisotopic (exact) mass is 364 g/mol. The third-order valence-electron chi connectivity index (χ3n) is 5.55. The van der Waals surface area contributed by atoms with Crippen LogP contribution in [0.3, 0.4) is 0 Å². The number of aromatic amines is 1. The van der Waals surface area contributed by atoms with Crippen molar-refractivity contribution in [2.24, 2.45) is 5.92 Å². The molecule has 3 heterocycles. The normalized spacial score (nSPS) is 14.4. The first-order valence-corrected chi connectivity index (χ1v) is 9.60. The maximum atomic E-state index is 11.3. The molecular formula is C21H24N4O2. The molecular weight excluding hydrogens is 340 g/mol. The van der Waals surface area contributed by atoms with Crippen LogP contribution in [0.2, 0.25) is 0 Å². The predicted molar refractivity (Wildman–Crippen MR) is 103 cm³/mol. The fourth-order valence-electron chi connectivity index (χ4n) is 3.91. The Morgan fingerprint density at radius 1 is 1.26 bits per heavy atom. The van der Waals surface area contributed by atoms with Crippen molar-refractivity contribution in [3.8, 4) is 11.1 Å². The molecule has 1 fully saturated rings. The van der Waals surface area contributed by atoms with E-state index in [0.717, 1.165) is 57.7 Å². The minimum Gasteiger partial charge on any atom is -0.481 e. The number of aryl methyl sites for hydroxylation is 2. The highest BCUT2D eigenvalue weighted by Gasteiger charge is 2.22. The third kappa shape index (κ3) is 3.70. The lowest BCUT2D eigenvalue weighted by atomic mass is 9.81. The topological polar surface area (TPSA) is 91.8 Å². The predicted octanol–water partition coefficient (Wildman–Crippen LogP) is 4.08. The van der Waals surface area contributed by atoms with E-state index in [-0.39, 0.29) is 6.42 Å². The quantitative estimate of drug-likeness (QED) is 0.659. The van der Waals surface area contributed by atoms with Crippen LogP contribution in [0.25, 0.3) is 22.2 Å². The van der Waals surface area contributed by atoms with Crippen molar-refractivity contribution < 1.29 is 9.90 Å². The number of hydrogen-bond acceptors (Lipinski definition) is 4. The largest absolute Gasteiger partial charge is 0.481 e. The van der Waals surface area contributed by atoms with E-state index >= 15 is 0 Å². The summed E-state index contributed by atoms with van der Waals surface area (Å²) in [5, 5.41) is 17.4. The van der Waals surface area contributed by atoms with Gasteiger partial charge in [-0.2, -0.15) is 5.10 Å². The molecule has 3 aromatic rings. The van der Waals surface area contributed by atoms with Crippen molar-refractivity contribution in [1.82, 2.24) is 20.2 Å². The van der Waals surface area contributed by atoms with Gasteiger partial charge >= 0.3 is 5.97 Å². The van der Waals surface area contributed by atoms with Crippen LogP contribution in [0.15, 0.2) is 24.7 Å². The second-order valence-electron chi connectivity index (χ2n) is 7.52. The Balaban J connectivity index is 1.84. The van der Waals surface area contributed by atoms with E-state index in [1.54, 1.807) is 6.20 Å². The number of carboxylic acid groups (broad SMARTS) is 1. The average molecular weight is 364 g/mol. The van der Waals surface area contributed by atoms with Crippen LogP contribution in [0, 0.1) is 12.8 Å². The van der Waals surface area contributed by atoms with Crippen molar-refractivity contribution in [1.29, 1.82) is 0 Å². The highest BCUT2D eigenvalue weighted by atomic mass is 16.4. The maximum absolute atomic E-state index is 11.3. The van der Waals surface area contributed by atoms with Crippen molar-refractivity contribution in [2.45, 2.75) is 51.9 Å². The number of nitrogens with zero attached hydrogens (tertiary/aromatic N) is 3. The van der Waals surface area contributed by atoms with Crippen LogP contribution in [-0.2, 0) is 17.6 Å². The van der Waals surface area contributed by atoms with Gasteiger partial charge in [-0.1, -0.05) is 19.3 Å². The fourth-order valence-corrected chi connectivity index (χ4v) is 3.91. The Bertz CT molecular complexity index is 975. The summed E-state index contributed by atoms with van der Waals surface area (Å²) in [6, 6.07) is 2.09. The van der Waals surface area contributed by atoms with Crippen LogP contribution in [-0.4, -0.2) is 31.2 Å². The van der Waals surface area contributed by atoms with Crippen molar-refractivity contribution >= 4 is 17.0 Å². The second-order valence-corrected chi connectivity index (χ2v) is 7.52. The molecule has 0 atom stereocenters. The number of carbonyl (C=O) groups is 1. The van der Waals surface area contributed by atoms with Gasteiger partial charge in [-0.15, -0.1) is 0 Å². The molecule has 140 valence electrons. The highest BCUT2D eigenvalue weighted by Crippen LogP contribution is 2.36. The minimum absolute atomic E-state index is 0.0910. The molecule has 6 heteroatoms. The molecule has 2 N–H and O–H groups in total. The Morgan fingerprint density at radius 3 is 2.81 bits per heavy atom. The van der Waals surface area contributed by atoms with Gasteiger partial charge in [0.05, 0.1) is 6.20 Å². The average Bonchev–Trinajstić information content (AvgIpc) is 3.05. The highest BCUT2D eigenvalue weighted by molar-refractivity contribution is 5.94. The van der Waals surface area contributed by atoms with E-state index in [0.29, 0.717) is 6.42 Å². The van der Waals surface area contributed by atoms with Gasteiger partial charge < -0.3 is 5.11 Å². The number of hydrogen-bond donors (Lipinski definition) is 2. The first kappa shape index (κ1) is 17.6. The molecule has 3 aromatic heterocycles. The molecule has 1 saturated carbocycles. The maximum Gasteiger partial charge on any atom is 0.303 e. The summed E-state index contributed by atoms with van der Waals surface area (Å²) >= 11 is 0. The van der Waals surface area contributed by atoms with Crippen LogP contribution in [0.1, 0.15) is 48.9 Å². The summed E-state index contributed by atoms with van der Waals surface area (Å²) in [5.74, 6) is -0.0128. The van der Waals surface area contributed by atoms with E-state index < -0.39 is 5.97 Å². The summed E-state index contributed by atoms with van der Waals surface area (Å²) in [6.45, 7) is 2.01. The van der Waals surface area contributed by atoms with E-state index in [1.165, 1.54) is 19.3 Å². The van der Waals surface area contributed by atoms with Crippen molar-refractivity contribution in [3.05, 3.63) is 41.5 Å². The van der Waals surface area contributed by atoms with Gasteiger partial charge in [0.2, 0.25) is 0 Å². The molecule has 0 aliphatic heterocycles. The third-order valence-corrected chi connectivity index (χ3v) is 5.55. The number of fused-ring (bicyclic) bond motifs is 1. The Hall–Kier alpha value is -2.76. The molecule has 27 heavy (non-hydrogen) atoms. The molecule has 6 nitrogen and oxygen atoms in total. The SMILES string of the molecule is Cc1cncc(-c2c(CCC(=O)O)c(CCC3CCC3)nc3[nH]ncc23)c1. The van der Waals surface area contributed by atoms with Crippen LogP contribution in [0.5, 0.6) is 0 Å². The van der Waals surface area contributed by atoms with Crippen LogP contribution in [0.4, 0.5) is 0 Å². The lowest BCUT2D eigenvalue weighted by Gasteiger charge is -2.25. The Labute approximate surface area is 158 Å². The Morgan fingerprint density at radius 2 is 2.11 bits per heavy atom.